The van der Waals surface area contributed by atoms with Crippen LogP contribution in [0.2, 0.25) is 0 Å². The number of nitrogens with zero attached hydrogens (tertiary/aromatic N) is 1. The Morgan fingerprint density at radius 1 is 1.13 bits per heavy atom. The van der Waals surface area contributed by atoms with E-state index in [1.807, 2.05) is 6.92 Å². The molecule has 1 heterocycles. The van der Waals surface area contributed by atoms with Crippen LogP contribution in [0.1, 0.15) is 49.8 Å². The number of hydrogen-bond donors (Lipinski definition) is 0. The van der Waals surface area contributed by atoms with Gasteiger partial charge in [-0.25, -0.2) is 8.42 Å². The molecule has 0 unspecified atom stereocenters. The monoisotopic (exact) mass is 507 g/mol. The number of sulfone groups is 1. The summed E-state index contributed by atoms with van der Waals surface area (Å²) in [5.41, 5.74) is 2.40. The second-order valence-corrected chi connectivity index (χ2v) is 10.3. The fourth-order valence-electron chi connectivity index (χ4n) is 3.75. The van der Waals surface area contributed by atoms with Gasteiger partial charge in [0.15, 0.2) is 0 Å². The molecule has 0 aromatic heterocycles. The minimum absolute atomic E-state index is 0.0465. The molecule has 0 N–H and O–H groups in total. The van der Waals surface area contributed by atoms with Gasteiger partial charge in [-0.1, -0.05) is 47.0 Å². The molecule has 0 bridgehead atoms. The van der Waals surface area contributed by atoms with Gasteiger partial charge >= 0.3 is 0 Å². The van der Waals surface area contributed by atoms with Crippen LogP contribution in [-0.2, 0) is 14.6 Å². The summed E-state index contributed by atoms with van der Waals surface area (Å²) in [7, 11) is -3.81. The molecule has 0 saturated heterocycles. The van der Waals surface area contributed by atoms with Crippen molar-refractivity contribution in [2.45, 2.75) is 56.6 Å². The number of unbranched alkanes of at least 4 members (excludes halogenated alkanes) is 1. The van der Waals surface area contributed by atoms with Gasteiger partial charge in [0, 0.05) is 17.5 Å². The molecule has 31 heavy (non-hydrogen) atoms. The molecule has 0 radical (unpaired) electrons. The van der Waals surface area contributed by atoms with Gasteiger partial charge in [0.05, 0.1) is 20.8 Å². The van der Waals surface area contributed by atoms with Gasteiger partial charge in [-0.05, 0) is 61.6 Å². The maximum Gasteiger partial charge on any atom is 0.269 e. The predicted octanol–water partition coefficient (Wildman–Crippen LogP) is 6.05. The zero-order valence-corrected chi connectivity index (χ0v) is 20.0. The molecule has 3 rings (SSSR count). The van der Waals surface area contributed by atoms with Crippen molar-refractivity contribution in [3.63, 3.8) is 0 Å². The highest BCUT2D eigenvalue weighted by Crippen LogP contribution is 2.43. The van der Waals surface area contributed by atoms with Crippen LogP contribution >= 0.6 is 15.9 Å². The molecule has 8 heteroatoms. The third kappa shape index (κ3) is 5.25. The Morgan fingerprint density at radius 3 is 2.32 bits per heavy atom. The van der Waals surface area contributed by atoms with Crippen molar-refractivity contribution in [3.05, 3.63) is 80.3 Å². The van der Waals surface area contributed by atoms with Crippen LogP contribution in [0.5, 0.6) is 0 Å². The maximum absolute atomic E-state index is 13.8. The highest BCUT2D eigenvalue weighted by Gasteiger charge is 2.38. The smallest absolute Gasteiger partial charge is 0.269 e. The SMILES string of the molecule is CCCCC1=C(S(=O)(=O)c2ccc(C)cc2)[C@H](c2ccc([N+](=O)[O-])cc2)O[C@H](CBr)C1. The summed E-state index contributed by atoms with van der Waals surface area (Å²) >= 11 is 3.47. The highest BCUT2D eigenvalue weighted by molar-refractivity contribution is 9.09. The second-order valence-electron chi connectivity index (χ2n) is 7.73. The lowest BCUT2D eigenvalue weighted by molar-refractivity contribution is -0.384. The fourth-order valence-corrected chi connectivity index (χ4v) is 5.91. The lowest BCUT2D eigenvalue weighted by Crippen LogP contribution is -2.30. The predicted molar refractivity (Wildman–Crippen MR) is 124 cm³/mol. The molecule has 1 aliphatic heterocycles. The van der Waals surface area contributed by atoms with Crippen molar-refractivity contribution in [2.24, 2.45) is 0 Å². The van der Waals surface area contributed by atoms with Gasteiger partial charge in [-0.2, -0.15) is 0 Å². The molecule has 2 aromatic rings. The van der Waals surface area contributed by atoms with Crippen LogP contribution in [0.25, 0.3) is 0 Å². The van der Waals surface area contributed by atoms with Gasteiger partial charge in [0.25, 0.3) is 5.69 Å². The minimum Gasteiger partial charge on any atom is -0.364 e. The molecule has 0 amide bonds. The number of ether oxygens (including phenoxy) is 1. The van der Waals surface area contributed by atoms with Crippen LogP contribution in [0.15, 0.2) is 63.9 Å². The summed E-state index contributed by atoms with van der Waals surface area (Å²) in [5.74, 6) is 0. The van der Waals surface area contributed by atoms with E-state index in [1.54, 1.807) is 36.4 Å². The number of aryl methyl sites for hydroxylation is 1. The first-order chi connectivity index (χ1) is 14.8. The average molecular weight is 508 g/mol. The first kappa shape index (κ1) is 23.6. The van der Waals surface area contributed by atoms with E-state index in [-0.39, 0.29) is 21.6 Å². The Labute approximate surface area is 191 Å². The van der Waals surface area contributed by atoms with E-state index in [1.165, 1.54) is 12.1 Å². The van der Waals surface area contributed by atoms with Gasteiger partial charge in [0.1, 0.15) is 6.10 Å². The van der Waals surface area contributed by atoms with E-state index in [4.69, 9.17) is 4.74 Å². The number of nitro groups is 1. The first-order valence-electron chi connectivity index (χ1n) is 10.3. The van der Waals surface area contributed by atoms with E-state index in [0.717, 1.165) is 24.0 Å². The lowest BCUT2D eigenvalue weighted by atomic mass is 9.95. The van der Waals surface area contributed by atoms with Crippen molar-refractivity contribution in [3.8, 4) is 0 Å². The molecule has 1 aliphatic rings. The summed E-state index contributed by atoms with van der Waals surface area (Å²) in [6, 6.07) is 12.8. The molecule has 2 atom stereocenters. The van der Waals surface area contributed by atoms with Crippen molar-refractivity contribution in [1.29, 1.82) is 0 Å². The number of hydrogen-bond acceptors (Lipinski definition) is 5. The summed E-state index contributed by atoms with van der Waals surface area (Å²) in [4.78, 5) is 11.1. The molecule has 0 saturated carbocycles. The second kappa shape index (κ2) is 10.1. The van der Waals surface area contributed by atoms with Crippen LogP contribution in [0.3, 0.4) is 0 Å². The Hall–Kier alpha value is -2.03. The number of alkyl halides is 1. The number of rotatable bonds is 8. The molecule has 6 nitrogen and oxygen atoms in total. The lowest BCUT2D eigenvalue weighted by Gasteiger charge is -2.34. The zero-order chi connectivity index (χ0) is 22.6. The van der Waals surface area contributed by atoms with Crippen LogP contribution < -0.4 is 0 Å². The van der Waals surface area contributed by atoms with Gasteiger partial charge < -0.3 is 4.74 Å². The van der Waals surface area contributed by atoms with Gasteiger partial charge in [0.2, 0.25) is 9.84 Å². The van der Waals surface area contributed by atoms with Crippen molar-refractivity contribution in [1.82, 2.24) is 0 Å². The van der Waals surface area contributed by atoms with Crippen molar-refractivity contribution in [2.75, 3.05) is 5.33 Å². The van der Waals surface area contributed by atoms with Crippen molar-refractivity contribution < 1.29 is 18.1 Å². The van der Waals surface area contributed by atoms with Gasteiger partial charge in [-0.15, -0.1) is 0 Å². The van der Waals surface area contributed by atoms with Crippen molar-refractivity contribution >= 4 is 31.5 Å². The molecule has 0 spiro atoms. The topological polar surface area (TPSA) is 86.5 Å². The highest BCUT2D eigenvalue weighted by atomic mass is 79.9. The Morgan fingerprint density at radius 2 is 1.77 bits per heavy atom. The summed E-state index contributed by atoms with van der Waals surface area (Å²) < 4.78 is 33.8. The van der Waals surface area contributed by atoms with Crippen LogP contribution in [0.4, 0.5) is 5.69 Å². The number of halogens is 1. The van der Waals surface area contributed by atoms with Crippen LogP contribution in [0, 0.1) is 17.0 Å². The standard InChI is InChI=1S/C23H26BrNO5S/c1-3-4-5-18-14-20(15-24)30-22(17-8-10-19(11-9-17)25(26)27)23(18)31(28,29)21-12-6-16(2)7-13-21/h6-13,20,22H,3-5,14-15H2,1-2H3/t20-,22-/m0/s1. The van der Waals surface area contributed by atoms with Gasteiger partial charge in [-0.3, -0.25) is 10.1 Å². The minimum atomic E-state index is -3.81. The molecule has 0 fully saturated rings. The number of non-ortho nitro benzene ring substituents is 1. The molecule has 166 valence electrons. The maximum atomic E-state index is 13.8. The van der Waals surface area contributed by atoms with E-state index >= 15 is 0 Å². The Bertz CT molecular complexity index is 1060. The molecule has 0 aliphatic carbocycles. The molecular formula is C23H26BrNO5S. The summed E-state index contributed by atoms with van der Waals surface area (Å²) in [6.07, 6.45) is 2.05. The van der Waals surface area contributed by atoms with Crippen LogP contribution in [-0.4, -0.2) is 24.8 Å². The number of benzene rings is 2. The molecular weight excluding hydrogens is 482 g/mol. The quantitative estimate of drug-likeness (QED) is 0.246. The first-order valence-corrected chi connectivity index (χ1v) is 12.9. The summed E-state index contributed by atoms with van der Waals surface area (Å²) in [6.45, 7) is 3.98. The zero-order valence-electron chi connectivity index (χ0n) is 17.6. The molecule has 2 aromatic carbocycles. The van der Waals surface area contributed by atoms with E-state index in [2.05, 4.69) is 22.9 Å². The van der Waals surface area contributed by atoms with E-state index < -0.39 is 20.9 Å². The third-order valence-electron chi connectivity index (χ3n) is 5.42. The summed E-state index contributed by atoms with van der Waals surface area (Å²) in [5, 5.41) is 11.6. The average Bonchev–Trinajstić information content (AvgIpc) is 2.77. The number of nitro benzene ring substituents is 1. The Kier molecular flexibility index (Phi) is 7.67. The van der Waals surface area contributed by atoms with E-state index in [9.17, 15) is 18.5 Å². The normalized spacial score (nSPS) is 19.5. The third-order valence-corrected chi connectivity index (χ3v) is 8.12. The largest absolute Gasteiger partial charge is 0.364 e. The van der Waals surface area contributed by atoms with E-state index in [0.29, 0.717) is 23.7 Å². The Balaban J connectivity index is 2.17. The fraction of sp³-hybridized carbons (Fsp3) is 0.391.